The summed E-state index contributed by atoms with van der Waals surface area (Å²) < 4.78 is 33.2. The van der Waals surface area contributed by atoms with Gasteiger partial charge in [0.25, 0.3) is 5.56 Å². The molecule has 0 aliphatic rings. The first-order chi connectivity index (χ1) is 11.5. The van der Waals surface area contributed by atoms with Crippen LogP contribution in [-0.4, -0.2) is 11.6 Å². The van der Waals surface area contributed by atoms with Gasteiger partial charge in [0.2, 0.25) is 5.82 Å². The number of pyridine rings is 1. The predicted octanol–water partition coefficient (Wildman–Crippen LogP) is 4.07. The summed E-state index contributed by atoms with van der Waals surface area (Å²) in [6, 6.07) is 5.63. The minimum Gasteiger partial charge on any atom is -0.490 e. The lowest BCUT2D eigenvalue weighted by molar-refractivity contribution is 0.286. The van der Waals surface area contributed by atoms with Gasteiger partial charge in [0.1, 0.15) is 11.6 Å². The van der Waals surface area contributed by atoms with E-state index in [9.17, 15) is 18.8 Å². The van der Waals surface area contributed by atoms with Crippen LogP contribution < -0.4 is 10.3 Å². The van der Waals surface area contributed by atoms with E-state index in [1.54, 1.807) is 19.1 Å². The van der Waals surface area contributed by atoms with Crippen molar-refractivity contribution in [3.05, 3.63) is 51.4 Å². The van der Waals surface area contributed by atoms with Crippen molar-refractivity contribution in [1.29, 1.82) is 5.26 Å². The third-order valence-corrected chi connectivity index (χ3v) is 3.59. The molecule has 2 aromatic rings. The Kier molecular flexibility index (Phi) is 5.69. The van der Waals surface area contributed by atoms with Gasteiger partial charge in [-0.1, -0.05) is 19.8 Å². The van der Waals surface area contributed by atoms with Crippen LogP contribution in [-0.2, 0) is 0 Å². The van der Waals surface area contributed by atoms with Crippen molar-refractivity contribution >= 4 is 0 Å². The molecular weight excluding hydrogens is 314 g/mol. The molecule has 0 saturated heterocycles. The third-order valence-electron chi connectivity index (χ3n) is 3.59. The van der Waals surface area contributed by atoms with E-state index in [1.165, 1.54) is 6.07 Å². The molecule has 0 radical (unpaired) electrons. The standard InChI is InChI=1S/C18H18F2N2O2/c1-3-4-5-6-24-16-9-12(8-15(19)17(16)20)13-7-11(2)22-18(23)14(13)10-21/h7-9H,3-6H2,1-2H3,(H,22,23). The molecule has 0 atom stereocenters. The molecule has 1 N–H and O–H groups in total. The van der Waals surface area contributed by atoms with Crippen LogP contribution >= 0.6 is 0 Å². The van der Waals surface area contributed by atoms with Gasteiger partial charge in [0, 0.05) is 11.3 Å². The molecule has 2 rings (SSSR count). The van der Waals surface area contributed by atoms with Gasteiger partial charge >= 0.3 is 0 Å². The van der Waals surface area contributed by atoms with Crippen molar-refractivity contribution in [1.82, 2.24) is 4.98 Å². The summed E-state index contributed by atoms with van der Waals surface area (Å²) in [6.07, 6.45) is 2.64. The average Bonchev–Trinajstić information content (AvgIpc) is 2.54. The molecule has 4 nitrogen and oxygen atoms in total. The van der Waals surface area contributed by atoms with Crippen molar-refractivity contribution in [2.45, 2.75) is 33.1 Å². The van der Waals surface area contributed by atoms with Crippen LogP contribution in [0.1, 0.15) is 37.4 Å². The Labute approximate surface area is 138 Å². The highest BCUT2D eigenvalue weighted by Gasteiger charge is 2.17. The minimum absolute atomic E-state index is 0.149. The fraction of sp³-hybridized carbons (Fsp3) is 0.333. The molecule has 0 amide bonds. The van der Waals surface area contributed by atoms with Crippen molar-refractivity contribution in [3.8, 4) is 22.9 Å². The number of aromatic nitrogens is 1. The van der Waals surface area contributed by atoms with Crippen LogP contribution in [0.5, 0.6) is 5.75 Å². The number of nitriles is 1. The Morgan fingerprint density at radius 3 is 2.67 bits per heavy atom. The molecule has 0 bridgehead atoms. The summed E-state index contributed by atoms with van der Waals surface area (Å²) in [5, 5.41) is 9.18. The highest BCUT2D eigenvalue weighted by atomic mass is 19.2. The lowest BCUT2D eigenvalue weighted by atomic mass is 10.0. The zero-order chi connectivity index (χ0) is 17.7. The highest BCUT2D eigenvalue weighted by molar-refractivity contribution is 5.71. The summed E-state index contributed by atoms with van der Waals surface area (Å²) in [4.78, 5) is 14.4. The first-order valence-electron chi connectivity index (χ1n) is 7.74. The van der Waals surface area contributed by atoms with Crippen LogP contribution in [0.2, 0.25) is 0 Å². The van der Waals surface area contributed by atoms with Crippen LogP contribution in [0.15, 0.2) is 23.0 Å². The summed E-state index contributed by atoms with van der Waals surface area (Å²) in [5.41, 5.74) is 0.275. The number of hydrogen-bond acceptors (Lipinski definition) is 3. The molecule has 0 saturated carbocycles. The maximum atomic E-state index is 13.9. The first kappa shape index (κ1) is 17.7. The second-order valence-corrected chi connectivity index (χ2v) is 5.51. The molecule has 0 fully saturated rings. The fourth-order valence-corrected chi connectivity index (χ4v) is 2.39. The lowest BCUT2D eigenvalue weighted by Gasteiger charge is -2.11. The molecule has 0 aliphatic heterocycles. The number of rotatable bonds is 6. The number of benzene rings is 1. The zero-order valence-electron chi connectivity index (χ0n) is 13.6. The number of unbranched alkanes of at least 4 members (excludes halogenated alkanes) is 2. The Balaban J connectivity index is 2.47. The van der Waals surface area contributed by atoms with Gasteiger partial charge in [-0.05, 0) is 37.1 Å². The van der Waals surface area contributed by atoms with E-state index in [4.69, 9.17) is 4.74 Å². The largest absolute Gasteiger partial charge is 0.490 e. The summed E-state index contributed by atoms with van der Waals surface area (Å²) in [5.74, 6) is -2.38. The number of nitrogens with zero attached hydrogens (tertiary/aromatic N) is 1. The molecule has 1 heterocycles. The van der Waals surface area contributed by atoms with E-state index in [0.717, 1.165) is 25.3 Å². The Hall–Kier alpha value is -2.68. The molecule has 0 unspecified atom stereocenters. The first-order valence-corrected chi connectivity index (χ1v) is 7.74. The maximum absolute atomic E-state index is 13.9. The normalized spacial score (nSPS) is 10.5. The van der Waals surface area contributed by atoms with Gasteiger partial charge in [0.15, 0.2) is 11.6 Å². The minimum atomic E-state index is -1.08. The SMILES string of the molecule is CCCCCOc1cc(-c2cc(C)[nH]c(=O)c2C#N)cc(F)c1F. The number of aromatic amines is 1. The van der Waals surface area contributed by atoms with Crippen LogP contribution in [0.3, 0.4) is 0 Å². The third kappa shape index (κ3) is 3.80. The molecule has 6 heteroatoms. The second-order valence-electron chi connectivity index (χ2n) is 5.51. The Morgan fingerprint density at radius 2 is 2.00 bits per heavy atom. The smallest absolute Gasteiger partial charge is 0.266 e. The average molecular weight is 332 g/mol. The van der Waals surface area contributed by atoms with Gasteiger partial charge in [-0.2, -0.15) is 9.65 Å². The van der Waals surface area contributed by atoms with Gasteiger partial charge in [-0.3, -0.25) is 4.79 Å². The van der Waals surface area contributed by atoms with Crippen LogP contribution in [0.4, 0.5) is 8.78 Å². The van der Waals surface area contributed by atoms with Crippen molar-refractivity contribution in [2.24, 2.45) is 0 Å². The van der Waals surface area contributed by atoms with Gasteiger partial charge in [0.05, 0.1) is 6.61 Å². The van der Waals surface area contributed by atoms with Crippen molar-refractivity contribution in [3.63, 3.8) is 0 Å². The molecule has 0 aliphatic carbocycles. The van der Waals surface area contributed by atoms with E-state index in [-0.39, 0.29) is 29.0 Å². The topological polar surface area (TPSA) is 65.9 Å². The van der Waals surface area contributed by atoms with Crippen molar-refractivity contribution < 1.29 is 13.5 Å². The van der Waals surface area contributed by atoms with E-state index < -0.39 is 17.2 Å². The molecule has 0 spiro atoms. The molecule has 24 heavy (non-hydrogen) atoms. The second kappa shape index (κ2) is 7.73. The summed E-state index contributed by atoms with van der Waals surface area (Å²) in [7, 11) is 0. The van der Waals surface area contributed by atoms with Crippen LogP contribution in [0.25, 0.3) is 11.1 Å². The Morgan fingerprint density at radius 1 is 1.25 bits per heavy atom. The number of aryl methyl sites for hydroxylation is 1. The number of hydrogen-bond donors (Lipinski definition) is 1. The molecular formula is C18H18F2N2O2. The Bertz CT molecular complexity index is 838. The highest BCUT2D eigenvalue weighted by Crippen LogP contribution is 2.30. The van der Waals surface area contributed by atoms with Crippen LogP contribution in [0, 0.1) is 29.9 Å². The quantitative estimate of drug-likeness (QED) is 0.811. The molecule has 126 valence electrons. The van der Waals surface area contributed by atoms with Gasteiger partial charge < -0.3 is 9.72 Å². The monoisotopic (exact) mass is 332 g/mol. The zero-order valence-corrected chi connectivity index (χ0v) is 13.6. The predicted molar refractivity (Wildman–Crippen MR) is 86.9 cm³/mol. The summed E-state index contributed by atoms with van der Waals surface area (Å²) in [6.45, 7) is 3.95. The number of H-pyrrole nitrogens is 1. The number of ether oxygens (including phenoxy) is 1. The maximum Gasteiger partial charge on any atom is 0.266 e. The summed E-state index contributed by atoms with van der Waals surface area (Å²) >= 11 is 0. The van der Waals surface area contributed by atoms with Crippen molar-refractivity contribution in [2.75, 3.05) is 6.61 Å². The van der Waals surface area contributed by atoms with Gasteiger partial charge in [-0.25, -0.2) is 4.39 Å². The van der Waals surface area contributed by atoms with E-state index in [1.807, 2.05) is 6.92 Å². The number of halogens is 2. The van der Waals surface area contributed by atoms with E-state index >= 15 is 0 Å². The lowest BCUT2D eigenvalue weighted by Crippen LogP contribution is -2.13. The van der Waals surface area contributed by atoms with E-state index in [0.29, 0.717) is 5.69 Å². The van der Waals surface area contributed by atoms with Gasteiger partial charge in [-0.15, -0.1) is 0 Å². The fourth-order valence-electron chi connectivity index (χ4n) is 2.39. The van der Waals surface area contributed by atoms with E-state index in [2.05, 4.69) is 4.98 Å². The number of nitrogens with one attached hydrogen (secondary N) is 1. The molecule has 1 aromatic carbocycles. The molecule has 1 aromatic heterocycles.